The predicted molar refractivity (Wildman–Crippen MR) is 92.2 cm³/mol. The van der Waals surface area contributed by atoms with E-state index in [-0.39, 0.29) is 23.2 Å². The Morgan fingerprint density at radius 1 is 1.04 bits per heavy atom. The first-order chi connectivity index (χ1) is 12.2. The summed E-state index contributed by atoms with van der Waals surface area (Å²) >= 11 is 2.24. The average Bonchev–Trinajstić information content (AvgIpc) is 3.28. The molecule has 0 saturated heterocycles. The van der Waals surface area contributed by atoms with Crippen molar-refractivity contribution < 1.29 is 9.59 Å². The van der Waals surface area contributed by atoms with Gasteiger partial charge in [-0.2, -0.15) is 0 Å². The van der Waals surface area contributed by atoms with Crippen LogP contribution in [0, 0.1) is 0 Å². The number of nitrogens with zero attached hydrogens (tertiary/aromatic N) is 5. The molecule has 0 fully saturated rings. The van der Waals surface area contributed by atoms with E-state index in [2.05, 4.69) is 30.5 Å². The molecule has 2 amide bonds. The van der Waals surface area contributed by atoms with Crippen LogP contribution >= 0.6 is 23.3 Å². The number of aromatic nitrogens is 5. The highest BCUT2D eigenvalue weighted by atomic mass is 32.2. The zero-order valence-electron chi connectivity index (χ0n) is 13.3. The molecule has 128 valence electrons. The molecule has 0 unspecified atom stereocenters. The molecule has 1 aromatic carbocycles. The van der Waals surface area contributed by atoms with E-state index in [1.165, 1.54) is 25.9 Å². The molecule has 3 rings (SSSR count). The summed E-state index contributed by atoms with van der Waals surface area (Å²) in [5.41, 5.74) is 1.10. The number of hydrogen-bond donors (Lipinski definition) is 2. The van der Waals surface area contributed by atoms with E-state index in [0.717, 1.165) is 17.2 Å². The number of amides is 2. The minimum absolute atomic E-state index is 0.160. The Labute approximate surface area is 151 Å². The van der Waals surface area contributed by atoms with Crippen molar-refractivity contribution in [2.24, 2.45) is 0 Å². The molecule has 11 heteroatoms. The molecule has 0 bridgehead atoms. The normalized spacial score (nSPS) is 10.5. The zero-order chi connectivity index (χ0) is 17.8. The lowest BCUT2D eigenvalue weighted by Crippen LogP contribution is -2.20. The topological polar surface area (TPSA) is 115 Å². The number of carbonyl (C=O) groups excluding carboxylic acids is 2. The Balaban J connectivity index is 2.08. The van der Waals surface area contributed by atoms with Gasteiger partial charge >= 0.3 is 0 Å². The van der Waals surface area contributed by atoms with Crippen molar-refractivity contribution in [1.29, 1.82) is 0 Å². The van der Waals surface area contributed by atoms with Gasteiger partial charge in [-0.15, -0.1) is 10.2 Å². The van der Waals surface area contributed by atoms with Crippen molar-refractivity contribution in [2.75, 3.05) is 14.1 Å². The molecular weight excluding hydrogens is 362 g/mol. The van der Waals surface area contributed by atoms with E-state index >= 15 is 0 Å². The lowest BCUT2D eigenvalue weighted by atomic mass is 10.3. The highest BCUT2D eigenvalue weighted by molar-refractivity contribution is 8.01. The monoisotopic (exact) mass is 375 g/mol. The van der Waals surface area contributed by atoms with Crippen LogP contribution in [0.25, 0.3) is 5.69 Å². The van der Waals surface area contributed by atoms with Gasteiger partial charge in [-0.1, -0.05) is 39.7 Å². The minimum Gasteiger partial charge on any atom is -0.354 e. The third kappa shape index (κ3) is 3.37. The van der Waals surface area contributed by atoms with Gasteiger partial charge in [0.25, 0.3) is 11.8 Å². The summed E-state index contributed by atoms with van der Waals surface area (Å²) < 4.78 is 5.92. The van der Waals surface area contributed by atoms with Gasteiger partial charge in [0.1, 0.15) is 9.24 Å². The number of para-hydroxylation sites is 1. The summed E-state index contributed by atoms with van der Waals surface area (Å²) in [7, 11) is 3.03. The molecule has 0 radical (unpaired) electrons. The molecule has 0 saturated carbocycles. The summed E-state index contributed by atoms with van der Waals surface area (Å²) in [6, 6.07) is 9.28. The maximum absolute atomic E-state index is 12.1. The molecule has 0 aliphatic heterocycles. The zero-order valence-corrected chi connectivity index (χ0v) is 14.9. The van der Waals surface area contributed by atoms with Gasteiger partial charge in [0.2, 0.25) is 0 Å². The van der Waals surface area contributed by atoms with Gasteiger partial charge in [-0.3, -0.25) is 9.59 Å². The standard InChI is InChI=1S/C14H13N7O2S2/c1-15-11(22)9-13(21(19-17-9)8-6-4-3-5-7-8)24-14-10(12(23)16-2)18-20-25-14/h3-7H,1-2H3,(H,15,22)(H,16,23). The first kappa shape index (κ1) is 17.0. The molecule has 2 aromatic heterocycles. The third-order valence-corrected chi connectivity index (χ3v) is 5.10. The van der Waals surface area contributed by atoms with Crippen LogP contribution in [-0.4, -0.2) is 50.5 Å². The lowest BCUT2D eigenvalue weighted by Gasteiger charge is -2.06. The number of carbonyl (C=O) groups is 2. The molecule has 9 nitrogen and oxygen atoms in total. The van der Waals surface area contributed by atoms with Gasteiger partial charge in [0, 0.05) is 14.1 Å². The van der Waals surface area contributed by atoms with Crippen LogP contribution in [0.4, 0.5) is 0 Å². The highest BCUT2D eigenvalue weighted by Gasteiger charge is 2.25. The summed E-state index contributed by atoms with van der Waals surface area (Å²) in [6.45, 7) is 0. The van der Waals surface area contributed by atoms with Crippen LogP contribution in [0.1, 0.15) is 21.0 Å². The van der Waals surface area contributed by atoms with E-state index < -0.39 is 0 Å². The Hall–Kier alpha value is -2.79. The summed E-state index contributed by atoms with van der Waals surface area (Å²) in [5, 5.41) is 17.4. The predicted octanol–water partition coefficient (Wildman–Crippen LogP) is 0.989. The van der Waals surface area contributed by atoms with Gasteiger partial charge in [0.15, 0.2) is 11.4 Å². The number of nitrogens with one attached hydrogen (secondary N) is 2. The van der Waals surface area contributed by atoms with Crippen molar-refractivity contribution in [3.05, 3.63) is 41.7 Å². The Kier molecular flexibility index (Phi) is 5.05. The largest absolute Gasteiger partial charge is 0.354 e. The number of benzene rings is 1. The van der Waals surface area contributed by atoms with Crippen LogP contribution in [0.3, 0.4) is 0 Å². The fourth-order valence-electron chi connectivity index (χ4n) is 1.96. The number of hydrogen-bond acceptors (Lipinski definition) is 8. The van der Waals surface area contributed by atoms with Gasteiger partial charge in [-0.05, 0) is 23.7 Å². The Morgan fingerprint density at radius 2 is 1.72 bits per heavy atom. The van der Waals surface area contributed by atoms with Crippen LogP contribution in [-0.2, 0) is 0 Å². The van der Waals surface area contributed by atoms with Gasteiger partial charge in [-0.25, -0.2) is 4.68 Å². The second-order valence-electron chi connectivity index (χ2n) is 4.66. The quantitative estimate of drug-likeness (QED) is 0.683. The Bertz CT molecular complexity index is 907. The van der Waals surface area contributed by atoms with E-state index in [9.17, 15) is 9.59 Å². The lowest BCUT2D eigenvalue weighted by molar-refractivity contribution is 0.0948. The smallest absolute Gasteiger partial charge is 0.274 e. The minimum atomic E-state index is -0.372. The number of rotatable bonds is 5. The van der Waals surface area contributed by atoms with E-state index in [0.29, 0.717) is 9.24 Å². The maximum Gasteiger partial charge on any atom is 0.274 e. The second-order valence-corrected chi connectivity index (χ2v) is 6.67. The first-order valence-electron chi connectivity index (χ1n) is 7.11. The third-order valence-electron chi connectivity index (χ3n) is 3.16. The molecule has 0 atom stereocenters. The van der Waals surface area contributed by atoms with Crippen LogP contribution < -0.4 is 10.6 Å². The van der Waals surface area contributed by atoms with Crippen molar-refractivity contribution in [1.82, 2.24) is 35.2 Å². The van der Waals surface area contributed by atoms with Crippen LogP contribution in [0.5, 0.6) is 0 Å². The van der Waals surface area contributed by atoms with Crippen LogP contribution in [0.15, 0.2) is 39.6 Å². The van der Waals surface area contributed by atoms with Crippen LogP contribution in [0.2, 0.25) is 0 Å². The molecule has 2 heterocycles. The van der Waals surface area contributed by atoms with Crippen molar-refractivity contribution in [3.8, 4) is 5.69 Å². The molecule has 25 heavy (non-hydrogen) atoms. The van der Waals surface area contributed by atoms with Gasteiger partial charge < -0.3 is 10.6 Å². The summed E-state index contributed by atoms with van der Waals surface area (Å²) in [5.74, 6) is -0.722. The van der Waals surface area contributed by atoms with Crippen molar-refractivity contribution in [2.45, 2.75) is 9.24 Å². The van der Waals surface area contributed by atoms with Crippen molar-refractivity contribution in [3.63, 3.8) is 0 Å². The summed E-state index contributed by atoms with van der Waals surface area (Å²) in [6.07, 6.45) is 0. The van der Waals surface area contributed by atoms with E-state index in [4.69, 9.17) is 0 Å². The van der Waals surface area contributed by atoms with Gasteiger partial charge in [0.05, 0.1) is 5.69 Å². The highest BCUT2D eigenvalue weighted by Crippen LogP contribution is 2.35. The Morgan fingerprint density at radius 3 is 2.40 bits per heavy atom. The summed E-state index contributed by atoms with van der Waals surface area (Å²) in [4.78, 5) is 24.1. The van der Waals surface area contributed by atoms with E-state index in [1.807, 2.05) is 30.3 Å². The SMILES string of the molecule is CNC(=O)c1nnsc1Sc1c(C(=O)NC)nnn1-c1ccccc1. The first-order valence-corrected chi connectivity index (χ1v) is 8.70. The average molecular weight is 375 g/mol. The fourth-order valence-corrected chi connectivity index (χ4v) is 3.72. The maximum atomic E-state index is 12.1. The molecular formula is C14H13N7O2S2. The second kappa shape index (κ2) is 7.40. The van der Waals surface area contributed by atoms with E-state index in [1.54, 1.807) is 4.68 Å². The molecule has 3 aromatic rings. The molecule has 0 aliphatic carbocycles. The molecule has 0 spiro atoms. The molecule has 2 N–H and O–H groups in total. The molecule has 0 aliphatic rings. The fraction of sp³-hybridized carbons (Fsp3) is 0.143. The van der Waals surface area contributed by atoms with Crippen molar-refractivity contribution >= 4 is 35.1 Å².